The molecular weight excluding hydrogens is 396 g/mol. The van der Waals surface area contributed by atoms with Crippen LogP contribution in [0.1, 0.15) is 28.4 Å². The van der Waals surface area contributed by atoms with Gasteiger partial charge in [0.25, 0.3) is 0 Å². The number of phenols is 2. The molecule has 2 unspecified atom stereocenters. The van der Waals surface area contributed by atoms with Crippen LogP contribution < -0.4 is 14.2 Å². The van der Waals surface area contributed by atoms with Crippen LogP contribution in [0.25, 0.3) is 12.2 Å². The van der Waals surface area contributed by atoms with E-state index in [-0.39, 0.29) is 11.5 Å². The second-order valence-electron chi connectivity index (χ2n) is 7.36. The molecule has 0 amide bonds. The molecule has 6 heteroatoms. The average molecular weight is 420 g/mol. The van der Waals surface area contributed by atoms with Crippen LogP contribution in [0.5, 0.6) is 28.7 Å². The number of fused-ring (bicyclic) bond motifs is 1. The summed E-state index contributed by atoms with van der Waals surface area (Å²) in [5.74, 6) is 1.79. The zero-order valence-electron chi connectivity index (χ0n) is 17.3. The van der Waals surface area contributed by atoms with E-state index < -0.39 is 12.2 Å². The third-order valence-electron chi connectivity index (χ3n) is 5.33. The van der Waals surface area contributed by atoms with E-state index in [1.807, 2.05) is 24.3 Å². The number of methoxy groups -OCH3 is 2. The van der Waals surface area contributed by atoms with Gasteiger partial charge in [-0.05, 0) is 47.0 Å². The highest BCUT2D eigenvalue weighted by atomic mass is 16.5. The van der Waals surface area contributed by atoms with E-state index in [0.29, 0.717) is 29.2 Å². The predicted molar refractivity (Wildman–Crippen MR) is 118 cm³/mol. The first-order valence-electron chi connectivity index (χ1n) is 9.88. The second kappa shape index (κ2) is 8.62. The number of aliphatic hydroxyl groups excluding tert-OH is 1. The molecule has 0 saturated carbocycles. The minimum absolute atomic E-state index is 0.0259. The highest BCUT2D eigenvalue weighted by molar-refractivity contribution is 5.74. The Morgan fingerprint density at radius 2 is 1.81 bits per heavy atom. The van der Waals surface area contributed by atoms with Crippen LogP contribution in [-0.2, 0) is 6.42 Å². The van der Waals surface area contributed by atoms with Gasteiger partial charge in [-0.2, -0.15) is 0 Å². The van der Waals surface area contributed by atoms with Gasteiger partial charge < -0.3 is 29.5 Å². The summed E-state index contributed by atoms with van der Waals surface area (Å²) >= 11 is 0. The predicted octanol–water partition coefficient (Wildman–Crippen LogP) is 4.32. The molecule has 3 aromatic rings. The first-order chi connectivity index (χ1) is 15.0. The number of benzene rings is 3. The number of phenolic OH excluding ortho intramolecular Hbond substituents is 2. The first-order valence-corrected chi connectivity index (χ1v) is 9.88. The quantitative estimate of drug-likeness (QED) is 0.533. The number of aliphatic hydroxyl groups is 1. The molecule has 1 aliphatic heterocycles. The fourth-order valence-corrected chi connectivity index (χ4v) is 3.74. The van der Waals surface area contributed by atoms with Crippen LogP contribution >= 0.6 is 0 Å². The van der Waals surface area contributed by atoms with Crippen molar-refractivity contribution >= 4 is 12.2 Å². The zero-order valence-corrected chi connectivity index (χ0v) is 17.3. The van der Waals surface area contributed by atoms with Gasteiger partial charge in [0.15, 0.2) is 11.5 Å². The van der Waals surface area contributed by atoms with Gasteiger partial charge in [-0.1, -0.05) is 30.4 Å². The Labute approximate surface area is 180 Å². The SMILES string of the molecule is COc1cc(C=Cc2cccc(O)c2)c2c(c1)OC(c1ccc(O)c(OC)c1)C(O)C2. The number of hydrogen-bond acceptors (Lipinski definition) is 6. The minimum atomic E-state index is -0.789. The maximum atomic E-state index is 10.9. The van der Waals surface area contributed by atoms with Gasteiger partial charge in [0.05, 0.1) is 20.3 Å². The maximum absolute atomic E-state index is 10.9. The van der Waals surface area contributed by atoms with Crippen LogP contribution in [0.2, 0.25) is 0 Å². The molecule has 1 aliphatic rings. The van der Waals surface area contributed by atoms with Crippen molar-refractivity contribution in [1.29, 1.82) is 0 Å². The van der Waals surface area contributed by atoms with Crippen LogP contribution in [-0.4, -0.2) is 35.6 Å². The molecule has 0 spiro atoms. The summed E-state index contributed by atoms with van der Waals surface area (Å²) in [5, 5.41) is 30.4. The lowest BCUT2D eigenvalue weighted by molar-refractivity contribution is 0.0204. The van der Waals surface area contributed by atoms with Crippen molar-refractivity contribution in [3.8, 4) is 28.7 Å². The fourth-order valence-electron chi connectivity index (χ4n) is 3.74. The number of aromatic hydroxyl groups is 2. The second-order valence-corrected chi connectivity index (χ2v) is 7.36. The van der Waals surface area contributed by atoms with E-state index in [1.165, 1.54) is 13.2 Å². The molecule has 6 nitrogen and oxygen atoms in total. The van der Waals surface area contributed by atoms with Crippen molar-refractivity contribution in [2.75, 3.05) is 14.2 Å². The molecule has 160 valence electrons. The average Bonchev–Trinajstić information content (AvgIpc) is 2.77. The normalized spacial score (nSPS) is 17.8. The molecule has 0 aromatic heterocycles. The van der Waals surface area contributed by atoms with Crippen LogP contribution in [0.3, 0.4) is 0 Å². The van der Waals surface area contributed by atoms with Crippen LogP contribution in [0.15, 0.2) is 54.6 Å². The zero-order chi connectivity index (χ0) is 22.0. The summed E-state index contributed by atoms with van der Waals surface area (Å²) in [6.07, 6.45) is 2.78. The molecule has 0 radical (unpaired) electrons. The molecule has 0 fully saturated rings. The maximum Gasteiger partial charge on any atom is 0.160 e. The largest absolute Gasteiger partial charge is 0.508 e. The van der Waals surface area contributed by atoms with Crippen molar-refractivity contribution in [1.82, 2.24) is 0 Å². The van der Waals surface area contributed by atoms with E-state index in [9.17, 15) is 15.3 Å². The lowest BCUT2D eigenvalue weighted by Gasteiger charge is -2.32. The van der Waals surface area contributed by atoms with Gasteiger partial charge in [0, 0.05) is 18.1 Å². The van der Waals surface area contributed by atoms with Crippen LogP contribution in [0.4, 0.5) is 0 Å². The summed E-state index contributed by atoms with van der Waals surface area (Å²) in [6.45, 7) is 0. The van der Waals surface area contributed by atoms with Crippen molar-refractivity contribution in [3.05, 3.63) is 76.9 Å². The van der Waals surface area contributed by atoms with E-state index >= 15 is 0 Å². The molecule has 3 N–H and O–H groups in total. The van der Waals surface area contributed by atoms with Gasteiger partial charge in [0.1, 0.15) is 23.4 Å². The van der Waals surface area contributed by atoms with Crippen molar-refractivity contribution in [2.45, 2.75) is 18.6 Å². The summed E-state index contributed by atoms with van der Waals surface area (Å²) in [7, 11) is 3.06. The third kappa shape index (κ3) is 4.29. The summed E-state index contributed by atoms with van der Waals surface area (Å²) in [6, 6.07) is 15.5. The van der Waals surface area contributed by atoms with Gasteiger partial charge >= 0.3 is 0 Å². The standard InChI is InChI=1S/C25H24O6/c1-29-19-11-16(7-6-15-4-3-5-18(26)10-15)20-14-22(28)25(31-23(20)13-19)17-8-9-21(27)24(12-17)30-2/h3-13,22,25-28H,14H2,1-2H3. The minimum Gasteiger partial charge on any atom is -0.508 e. The highest BCUT2D eigenvalue weighted by Gasteiger charge is 2.32. The van der Waals surface area contributed by atoms with Crippen molar-refractivity contribution < 1.29 is 29.5 Å². The van der Waals surface area contributed by atoms with E-state index in [0.717, 1.165) is 16.7 Å². The Morgan fingerprint density at radius 1 is 0.968 bits per heavy atom. The first kappa shape index (κ1) is 20.6. The van der Waals surface area contributed by atoms with Crippen LogP contribution in [0, 0.1) is 0 Å². The molecule has 0 aliphatic carbocycles. The lowest BCUT2D eigenvalue weighted by atomic mass is 9.91. The summed E-state index contributed by atoms with van der Waals surface area (Å²) < 4.78 is 16.8. The van der Waals surface area contributed by atoms with E-state index in [2.05, 4.69) is 0 Å². The molecule has 1 heterocycles. The molecule has 0 bridgehead atoms. The molecule has 0 saturated heterocycles. The van der Waals surface area contributed by atoms with Crippen molar-refractivity contribution in [3.63, 3.8) is 0 Å². The van der Waals surface area contributed by atoms with Gasteiger partial charge in [-0.15, -0.1) is 0 Å². The van der Waals surface area contributed by atoms with Gasteiger partial charge in [-0.25, -0.2) is 0 Å². The van der Waals surface area contributed by atoms with E-state index in [4.69, 9.17) is 14.2 Å². The monoisotopic (exact) mass is 420 g/mol. The summed E-state index contributed by atoms with van der Waals surface area (Å²) in [5.41, 5.74) is 3.28. The van der Waals surface area contributed by atoms with E-state index in [1.54, 1.807) is 43.5 Å². The molecule has 31 heavy (non-hydrogen) atoms. The smallest absolute Gasteiger partial charge is 0.160 e. The topological polar surface area (TPSA) is 88.4 Å². The molecule has 4 rings (SSSR count). The Morgan fingerprint density at radius 3 is 2.55 bits per heavy atom. The Kier molecular flexibility index (Phi) is 5.73. The Balaban J connectivity index is 1.70. The number of ether oxygens (including phenoxy) is 3. The molecular formula is C25H24O6. The lowest BCUT2D eigenvalue weighted by Crippen LogP contribution is -2.30. The highest BCUT2D eigenvalue weighted by Crippen LogP contribution is 2.41. The summed E-state index contributed by atoms with van der Waals surface area (Å²) in [4.78, 5) is 0. The number of hydrogen-bond donors (Lipinski definition) is 3. The molecule has 3 aromatic carbocycles. The molecule has 2 atom stereocenters. The number of rotatable bonds is 5. The Hall–Kier alpha value is -3.64. The fraction of sp³-hybridized carbons (Fsp3) is 0.200. The van der Waals surface area contributed by atoms with Gasteiger partial charge in [-0.3, -0.25) is 0 Å². The Bertz CT molecular complexity index is 1120. The van der Waals surface area contributed by atoms with Crippen molar-refractivity contribution in [2.24, 2.45) is 0 Å². The van der Waals surface area contributed by atoms with Gasteiger partial charge in [0.2, 0.25) is 0 Å². The third-order valence-corrected chi connectivity index (χ3v) is 5.33.